The SMILES string of the molecule is OC(Cc1ccc(Cl)cc1)Cn1ccnc1. The third-order valence-electron chi connectivity index (χ3n) is 2.37. The normalized spacial score (nSPS) is 12.6. The van der Waals surface area contributed by atoms with E-state index in [2.05, 4.69) is 4.98 Å². The Hall–Kier alpha value is -1.32. The molecule has 0 amide bonds. The van der Waals surface area contributed by atoms with Gasteiger partial charge in [-0.1, -0.05) is 23.7 Å². The largest absolute Gasteiger partial charge is 0.391 e. The number of benzene rings is 1. The Balaban J connectivity index is 1.92. The molecule has 4 heteroatoms. The van der Waals surface area contributed by atoms with Gasteiger partial charge in [-0.15, -0.1) is 0 Å². The van der Waals surface area contributed by atoms with Crippen molar-refractivity contribution in [2.24, 2.45) is 0 Å². The van der Waals surface area contributed by atoms with Crippen LogP contribution in [0.15, 0.2) is 43.0 Å². The summed E-state index contributed by atoms with van der Waals surface area (Å²) in [6.07, 6.45) is 5.45. The van der Waals surface area contributed by atoms with Gasteiger partial charge < -0.3 is 9.67 Å². The molecule has 0 radical (unpaired) electrons. The Bertz CT molecular complexity index is 425. The minimum atomic E-state index is -0.407. The van der Waals surface area contributed by atoms with Crippen LogP contribution >= 0.6 is 11.6 Å². The first-order valence-electron chi connectivity index (χ1n) is 5.12. The first-order valence-corrected chi connectivity index (χ1v) is 5.50. The lowest BCUT2D eigenvalue weighted by atomic mass is 10.1. The monoisotopic (exact) mass is 236 g/mol. The van der Waals surface area contributed by atoms with Crippen LogP contribution in [0.3, 0.4) is 0 Å². The summed E-state index contributed by atoms with van der Waals surface area (Å²) < 4.78 is 1.86. The van der Waals surface area contributed by atoms with Gasteiger partial charge in [0.2, 0.25) is 0 Å². The molecule has 0 fully saturated rings. The van der Waals surface area contributed by atoms with E-state index >= 15 is 0 Å². The van der Waals surface area contributed by atoms with Gasteiger partial charge in [0.1, 0.15) is 0 Å². The van der Waals surface area contributed by atoms with Gasteiger partial charge >= 0.3 is 0 Å². The standard InChI is InChI=1S/C12H13ClN2O/c13-11-3-1-10(2-4-11)7-12(16)8-15-6-5-14-9-15/h1-6,9,12,16H,7-8H2. The molecule has 0 aliphatic rings. The molecular formula is C12H13ClN2O. The molecule has 3 nitrogen and oxygen atoms in total. The van der Waals surface area contributed by atoms with Crippen LogP contribution in [-0.4, -0.2) is 20.8 Å². The number of nitrogens with zero attached hydrogens (tertiary/aromatic N) is 2. The van der Waals surface area contributed by atoms with Crippen molar-refractivity contribution in [1.82, 2.24) is 9.55 Å². The van der Waals surface area contributed by atoms with E-state index in [-0.39, 0.29) is 0 Å². The van der Waals surface area contributed by atoms with E-state index in [4.69, 9.17) is 11.6 Å². The van der Waals surface area contributed by atoms with Crippen LogP contribution in [0.25, 0.3) is 0 Å². The third kappa shape index (κ3) is 3.08. The van der Waals surface area contributed by atoms with Crippen LogP contribution in [0.2, 0.25) is 5.02 Å². The highest BCUT2D eigenvalue weighted by Crippen LogP contribution is 2.11. The van der Waals surface area contributed by atoms with Gasteiger partial charge in [0.25, 0.3) is 0 Å². The number of rotatable bonds is 4. The highest BCUT2D eigenvalue weighted by molar-refractivity contribution is 6.30. The number of aliphatic hydroxyl groups is 1. The number of imidazole rings is 1. The molecule has 0 saturated carbocycles. The number of halogens is 1. The van der Waals surface area contributed by atoms with Crippen molar-refractivity contribution < 1.29 is 5.11 Å². The van der Waals surface area contributed by atoms with Crippen molar-refractivity contribution in [2.75, 3.05) is 0 Å². The smallest absolute Gasteiger partial charge is 0.0946 e. The second-order valence-corrected chi connectivity index (χ2v) is 4.18. The van der Waals surface area contributed by atoms with Gasteiger partial charge in [-0.25, -0.2) is 4.98 Å². The molecule has 0 saturated heterocycles. The first kappa shape index (κ1) is 11.2. The molecule has 0 aliphatic carbocycles. The van der Waals surface area contributed by atoms with Crippen LogP contribution in [0, 0.1) is 0 Å². The van der Waals surface area contributed by atoms with Crippen molar-refractivity contribution in [3.8, 4) is 0 Å². The van der Waals surface area contributed by atoms with Gasteiger partial charge in [-0.2, -0.15) is 0 Å². The molecule has 1 heterocycles. The van der Waals surface area contributed by atoms with Crippen molar-refractivity contribution >= 4 is 11.6 Å². The van der Waals surface area contributed by atoms with E-state index in [1.165, 1.54) is 0 Å². The van der Waals surface area contributed by atoms with Crippen LogP contribution < -0.4 is 0 Å². The molecule has 0 bridgehead atoms. The highest BCUT2D eigenvalue weighted by atomic mass is 35.5. The van der Waals surface area contributed by atoms with Crippen LogP contribution in [0.1, 0.15) is 5.56 Å². The van der Waals surface area contributed by atoms with E-state index in [0.717, 1.165) is 5.56 Å². The van der Waals surface area contributed by atoms with Gasteiger partial charge in [-0.3, -0.25) is 0 Å². The molecule has 0 spiro atoms. The predicted octanol–water partition coefficient (Wildman–Crippen LogP) is 2.14. The van der Waals surface area contributed by atoms with Crippen LogP contribution in [-0.2, 0) is 13.0 Å². The van der Waals surface area contributed by atoms with E-state index in [9.17, 15) is 5.11 Å². The lowest BCUT2D eigenvalue weighted by Gasteiger charge is -2.11. The Kier molecular flexibility index (Phi) is 3.59. The zero-order chi connectivity index (χ0) is 11.4. The van der Waals surface area contributed by atoms with Gasteiger partial charge in [0.15, 0.2) is 0 Å². The lowest BCUT2D eigenvalue weighted by molar-refractivity contribution is 0.154. The Morgan fingerprint density at radius 1 is 1.31 bits per heavy atom. The van der Waals surface area contributed by atoms with Gasteiger partial charge in [0.05, 0.1) is 12.4 Å². The second-order valence-electron chi connectivity index (χ2n) is 3.74. The fourth-order valence-electron chi connectivity index (χ4n) is 1.60. The second kappa shape index (κ2) is 5.14. The summed E-state index contributed by atoms with van der Waals surface area (Å²) in [5, 5.41) is 10.6. The number of hydrogen-bond acceptors (Lipinski definition) is 2. The van der Waals surface area contributed by atoms with E-state index in [1.807, 2.05) is 35.0 Å². The summed E-state index contributed by atoms with van der Waals surface area (Å²) in [7, 11) is 0. The Morgan fingerprint density at radius 2 is 2.06 bits per heavy atom. The number of aliphatic hydroxyl groups excluding tert-OH is 1. The summed E-state index contributed by atoms with van der Waals surface area (Å²) in [4.78, 5) is 3.93. The summed E-state index contributed by atoms with van der Waals surface area (Å²) >= 11 is 5.79. The van der Waals surface area contributed by atoms with E-state index < -0.39 is 6.10 Å². The van der Waals surface area contributed by atoms with Crippen LogP contribution in [0.4, 0.5) is 0 Å². The van der Waals surface area contributed by atoms with Gasteiger partial charge in [-0.05, 0) is 17.7 Å². The predicted molar refractivity (Wildman–Crippen MR) is 63.4 cm³/mol. The Morgan fingerprint density at radius 3 is 2.69 bits per heavy atom. The van der Waals surface area contributed by atoms with E-state index in [1.54, 1.807) is 12.5 Å². The number of hydrogen-bond donors (Lipinski definition) is 1. The molecule has 1 atom stereocenters. The van der Waals surface area contributed by atoms with Crippen molar-refractivity contribution in [1.29, 1.82) is 0 Å². The molecule has 2 aromatic rings. The molecule has 1 aromatic carbocycles. The maximum atomic E-state index is 9.86. The summed E-state index contributed by atoms with van der Waals surface area (Å²) in [5.41, 5.74) is 1.08. The summed E-state index contributed by atoms with van der Waals surface area (Å²) in [6.45, 7) is 0.558. The quantitative estimate of drug-likeness (QED) is 0.883. The zero-order valence-corrected chi connectivity index (χ0v) is 9.51. The molecule has 84 valence electrons. The van der Waals surface area contributed by atoms with E-state index in [0.29, 0.717) is 18.0 Å². The van der Waals surface area contributed by atoms with Crippen LogP contribution in [0.5, 0.6) is 0 Å². The highest BCUT2D eigenvalue weighted by Gasteiger charge is 2.06. The average molecular weight is 237 g/mol. The maximum Gasteiger partial charge on any atom is 0.0946 e. The summed E-state index contributed by atoms with van der Waals surface area (Å²) in [5.74, 6) is 0. The molecule has 1 aromatic heterocycles. The Labute approximate surface area is 99.3 Å². The minimum absolute atomic E-state index is 0.407. The van der Waals surface area contributed by atoms with Gasteiger partial charge in [0, 0.05) is 30.4 Å². The average Bonchev–Trinajstić information content (AvgIpc) is 2.74. The molecule has 1 N–H and O–H groups in total. The summed E-state index contributed by atoms with van der Waals surface area (Å²) in [6, 6.07) is 7.53. The van der Waals surface area contributed by atoms with Crippen molar-refractivity contribution in [2.45, 2.75) is 19.1 Å². The molecule has 0 aliphatic heterocycles. The molecular weight excluding hydrogens is 224 g/mol. The minimum Gasteiger partial charge on any atom is -0.391 e. The molecule has 16 heavy (non-hydrogen) atoms. The molecule has 2 rings (SSSR count). The topological polar surface area (TPSA) is 38.0 Å². The number of aromatic nitrogens is 2. The third-order valence-corrected chi connectivity index (χ3v) is 2.62. The first-order chi connectivity index (χ1) is 7.74. The maximum absolute atomic E-state index is 9.86. The van der Waals surface area contributed by atoms with Crippen molar-refractivity contribution in [3.63, 3.8) is 0 Å². The fraction of sp³-hybridized carbons (Fsp3) is 0.250. The zero-order valence-electron chi connectivity index (χ0n) is 8.75. The molecule has 1 unspecified atom stereocenters. The fourth-order valence-corrected chi connectivity index (χ4v) is 1.72. The lowest BCUT2D eigenvalue weighted by Crippen LogP contribution is -2.17. The van der Waals surface area contributed by atoms with Crippen molar-refractivity contribution in [3.05, 3.63) is 53.6 Å².